The van der Waals surface area contributed by atoms with E-state index in [1.807, 2.05) is 57.2 Å². The van der Waals surface area contributed by atoms with Crippen LogP contribution in [0, 0.1) is 11.2 Å². The van der Waals surface area contributed by atoms with Gasteiger partial charge in [-0.25, -0.2) is 19.3 Å². The van der Waals surface area contributed by atoms with Crippen molar-refractivity contribution in [3.05, 3.63) is 120 Å². The van der Waals surface area contributed by atoms with E-state index in [1.54, 1.807) is 49.8 Å². The average molecular weight is 608 g/mol. The molecule has 0 spiro atoms. The molecular formula is C35H34FN5O4. The standard InChI is InChI=1S/C35H34FN5O4/c1-34(2,3)35(19-31(42)43,25-10-12-26(36)13-11-25)30-16-17-37-33(41-30)45-29-7-5-6-24(18-29)32-39-21-27(22-40-32)38-20-23-8-14-28(44-4)15-9-23/h5-18,21-22,38H,19-20H2,1-4H3,(H,42,43). The molecule has 2 aromatic heterocycles. The zero-order valence-electron chi connectivity index (χ0n) is 25.5. The number of aromatic nitrogens is 4. The van der Waals surface area contributed by atoms with Gasteiger partial charge in [-0.3, -0.25) is 4.79 Å². The summed E-state index contributed by atoms with van der Waals surface area (Å²) < 4.78 is 25.1. The van der Waals surface area contributed by atoms with Crippen LogP contribution >= 0.6 is 0 Å². The summed E-state index contributed by atoms with van der Waals surface area (Å²) in [6.07, 6.45) is 4.70. The molecule has 0 radical (unpaired) electrons. The van der Waals surface area contributed by atoms with Gasteiger partial charge in [0.25, 0.3) is 0 Å². The number of carbonyl (C=O) groups is 1. The lowest BCUT2D eigenvalue weighted by Gasteiger charge is -2.44. The summed E-state index contributed by atoms with van der Waals surface area (Å²) in [6.45, 7) is 6.42. The topological polar surface area (TPSA) is 119 Å². The number of nitrogens with zero attached hydrogens (tertiary/aromatic N) is 4. The molecule has 2 heterocycles. The van der Waals surface area contributed by atoms with Crippen molar-refractivity contribution in [3.63, 3.8) is 0 Å². The van der Waals surface area contributed by atoms with Crippen molar-refractivity contribution < 1.29 is 23.8 Å². The molecular weight excluding hydrogens is 573 g/mol. The maximum absolute atomic E-state index is 13.9. The molecule has 0 amide bonds. The Morgan fingerprint density at radius 3 is 2.27 bits per heavy atom. The number of carboxylic acids is 1. The minimum absolute atomic E-state index is 0.0461. The molecule has 5 aromatic rings. The second-order valence-corrected chi connectivity index (χ2v) is 11.6. The summed E-state index contributed by atoms with van der Waals surface area (Å²) in [4.78, 5) is 30.2. The Morgan fingerprint density at radius 1 is 0.911 bits per heavy atom. The number of anilines is 1. The average Bonchev–Trinajstić information content (AvgIpc) is 3.03. The van der Waals surface area contributed by atoms with Crippen LogP contribution in [0.3, 0.4) is 0 Å². The minimum atomic E-state index is -1.10. The Morgan fingerprint density at radius 2 is 1.62 bits per heavy atom. The fraction of sp³-hybridized carbons (Fsp3) is 0.229. The van der Waals surface area contributed by atoms with Crippen molar-refractivity contribution in [2.45, 2.75) is 39.2 Å². The van der Waals surface area contributed by atoms with Crippen LogP contribution in [0.25, 0.3) is 11.4 Å². The van der Waals surface area contributed by atoms with Gasteiger partial charge in [0.15, 0.2) is 5.82 Å². The van der Waals surface area contributed by atoms with Crippen molar-refractivity contribution in [3.8, 4) is 28.9 Å². The number of nitrogens with one attached hydrogen (secondary N) is 1. The molecule has 9 nitrogen and oxygen atoms in total. The Kier molecular flexibility index (Phi) is 9.03. The van der Waals surface area contributed by atoms with E-state index >= 15 is 0 Å². The Bertz CT molecular complexity index is 1760. The Hall–Kier alpha value is -5.38. The number of aliphatic carboxylic acids is 1. The van der Waals surface area contributed by atoms with Crippen molar-refractivity contribution in [1.29, 1.82) is 0 Å². The summed E-state index contributed by atoms with van der Waals surface area (Å²) in [5, 5.41) is 13.3. The SMILES string of the molecule is COc1ccc(CNc2cnc(-c3cccc(Oc4nccc(C(CC(=O)O)(c5ccc(F)cc5)C(C)(C)C)n4)c3)nc2)cc1. The lowest BCUT2D eigenvalue weighted by molar-refractivity contribution is -0.139. The molecule has 45 heavy (non-hydrogen) atoms. The highest BCUT2D eigenvalue weighted by Crippen LogP contribution is 2.49. The lowest BCUT2D eigenvalue weighted by atomic mass is 9.59. The number of ether oxygens (including phenoxy) is 2. The Labute approximate surface area is 261 Å². The molecule has 2 N–H and O–H groups in total. The fourth-order valence-electron chi connectivity index (χ4n) is 5.33. The molecule has 3 aromatic carbocycles. The van der Waals surface area contributed by atoms with Crippen LogP contribution in [-0.2, 0) is 16.8 Å². The molecule has 0 bridgehead atoms. The number of halogens is 1. The van der Waals surface area contributed by atoms with Crippen LogP contribution in [0.2, 0.25) is 0 Å². The first kappa shape index (κ1) is 31.1. The van der Waals surface area contributed by atoms with E-state index in [1.165, 1.54) is 18.3 Å². The minimum Gasteiger partial charge on any atom is -0.497 e. The van der Waals surface area contributed by atoms with Gasteiger partial charge in [-0.1, -0.05) is 57.2 Å². The molecule has 0 fully saturated rings. The van der Waals surface area contributed by atoms with Gasteiger partial charge in [0.1, 0.15) is 17.3 Å². The van der Waals surface area contributed by atoms with E-state index in [4.69, 9.17) is 14.5 Å². The van der Waals surface area contributed by atoms with Crippen LogP contribution in [-0.4, -0.2) is 38.1 Å². The first-order valence-electron chi connectivity index (χ1n) is 14.4. The summed E-state index contributed by atoms with van der Waals surface area (Å²) in [6, 6.07) is 22.6. The molecule has 230 valence electrons. The maximum Gasteiger partial charge on any atom is 0.322 e. The normalized spacial score (nSPS) is 12.6. The molecule has 10 heteroatoms. The third kappa shape index (κ3) is 7.06. The lowest BCUT2D eigenvalue weighted by Crippen LogP contribution is -2.44. The van der Waals surface area contributed by atoms with Gasteiger partial charge >= 0.3 is 12.0 Å². The zero-order chi connectivity index (χ0) is 32.0. The number of rotatable bonds is 11. The van der Waals surface area contributed by atoms with Crippen LogP contribution < -0.4 is 14.8 Å². The zero-order valence-corrected chi connectivity index (χ0v) is 25.5. The molecule has 0 saturated heterocycles. The number of benzene rings is 3. The monoisotopic (exact) mass is 607 g/mol. The Balaban J connectivity index is 1.37. The van der Waals surface area contributed by atoms with Gasteiger partial charge in [-0.05, 0) is 59.0 Å². The number of hydrogen-bond donors (Lipinski definition) is 2. The van der Waals surface area contributed by atoms with Crippen LogP contribution in [0.1, 0.15) is 44.0 Å². The summed E-state index contributed by atoms with van der Waals surface area (Å²) >= 11 is 0. The van der Waals surface area contributed by atoms with E-state index in [2.05, 4.69) is 20.3 Å². The molecule has 5 rings (SSSR count). The van der Waals surface area contributed by atoms with Gasteiger partial charge in [0.05, 0.1) is 42.7 Å². The van der Waals surface area contributed by atoms with E-state index in [0.29, 0.717) is 29.4 Å². The first-order valence-corrected chi connectivity index (χ1v) is 14.4. The van der Waals surface area contributed by atoms with E-state index in [9.17, 15) is 14.3 Å². The van der Waals surface area contributed by atoms with E-state index < -0.39 is 22.6 Å². The molecule has 1 unspecified atom stereocenters. The largest absolute Gasteiger partial charge is 0.497 e. The second-order valence-electron chi connectivity index (χ2n) is 11.6. The molecule has 0 aliphatic rings. The highest BCUT2D eigenvalue weighted by atomic mass is 19.1. The molecule has 0 aliphatic heterocycles. The second kappa shape index (κ2) is 13.1. The highest BCUT2D eigenvalue weighted by molar-refractivity contribution is 5.71. The van der Waals surface area contributed by atoms with Gasteiger partial charge in [-0.2, -0.15) is 4.98 Å². The molecule has 1 atom stereocenters. The summed E-state index contributed by atoms with van der Waals surface area (Å²) in [5.74, 6) is 0.348. The van der Waals surface area contributed by atoms with Crippen molar-refractivity contribution >= 4 is 11.7 Å². The van der Waals surface area contributed by atoms with Crippen LogP contribution in [0.15, 0.2) is 97.5 Å². The summed E-state index contributed by atoms with van der Waals surface area (Å²) in [7, 11) is 1.64. The van der Waals surface area contributed by atoms with Crippen molar-refractivity contribution in [1.82, 2.24) is 19.9 Å². The van der Waals surface area contributed by atoms with Gasteiger partial charge in [-0.15, -0.1) is 0 Å². The molecule has 0 aliphatic carbocycles. The summed E-state index contributed by atoms with van der Waals surface area (Å²) in [5.41, 5.74) is 1.95. The predicted molar refractivity (Wildman–Crippen MR) is 169 cm³/mol. The maximum atomic E-state index is 13.9. The van der Waals surface area contributed by atoms with E-state index in [0.717, 1.165) is 22.6 Å². The number of methoxy groups -OCH3 is 1. The van der Waals surface area contributed by atoms with Crippen molar-refractivity contribution in [2.24, 2.45) is 5.41 Å². The van der Waals surface area contributed by atoms with Crippen molar-refractivity contribution in [2.75, 3.05) is 12.4 Å². The van der Waals surface area contributed by atoms with Gasteiger partial charge < -0.3 is 19.9 Å². The van der Waals surface area contributed by atoms with Gasteiger partial charge in [0.2, 0.25) is 0 Å². The van der Waals surface area contributed by atoms with E-state index in [-0.39, 0.29) is 12.4 Å². The number of hydrogen-bond acceptors (Lipinski definition) is 8. The first-order chi connectivity index (χ1) is 21.6. The third-order valence-electron chi connectivity index (χ3n) is 7.71. The molecule has 0 saturated carbocycles. The highest BCUT2D eigenvalue weighted by Gasteiger charge is 2.48. The smallest absolute Gasteiger partial charge is 0.322 e. The fourth-order valence-corrected chi connectivity index (χ4v) is 5.33. The van der Waals surface area contributed by atoms with Crippen LogP contribution in [0.4, 0.5) is 10.1 Å². The predicted octanol–water partition coefficient (Wildman–Crippen LogP) is 7.29. The number of carboxylic acid groups (broad SMARTS) is 1. The third-order valence-corrected chi connectivity index (χ3v) is 7.71. The van der Waals surface area contributed by atoms with Gasteiger partial charge in [0, 0.05) is 18.3 Å². The van der Waals surface area contributed by atoms with Crippen LogP contribution in [0.5, 0.6) is 17.5 Å². The quantitative estimate of drug-likeness (QED) is 0.159.